The third kappa shape index (κ3) is 4.13. The van der Waals surface area contributed by atoms with E-state index in [1.165, 1.54) is 30.0 Å². The molecule has 3 aromatic rings. The highest BCUT2D eigenvalue weighted by Crippen LogP contribution is 2.33. The molecule has 2 aliphatic heterocycles. The van der Waals surface area contributed by atoms with E-state index in [4.69, 9.17) is 5.10 Å². The molecule has 31 heavy (non-hydrogen) atoms. The first-order chi connectivity index (χ1) is 15.2. The summed E-state index contributed by atoms with van der Waals surface area (Å²) in [5.41, 5.74) is 3.23. The summed E-state index contributed by atoms with van der Waals surface area (Å²) in [6.07, 6.45) is 4.34. The van der Waals surface area contributed by atoms with Crippen molar-refractivity contribution >= 4 is 22.4 Å². The summed E-state index contributed by atoms with van der Waals surface area (Å²) in [4.78, 5) is 15.7. The van der Waals surface area contributed by atoms with Gasteiger partial charge in [-0.1, -0.05) is 73.2 Å². The van der Waals surface area contributed by atoms with Crippen molar-refractivity contribution < 1.29 is 4.79 Å². The number of carbonyl (C=O) groups excluding carboxylic acids is 1. The Morgan fingerprint density at radius 1 is 0.968 bits per heavy atom. The molecule has 1 saturated heterocycles. The van der Waals surface area contributed by atoms with Crippen LogP contribution in [0, 0.1) is 0 Å². The molecule has 1 fully saturated rings. The Kier molecular flexibility index (Phi) is 5.56. The Balaban J connectivity index is 1.45. The van der Waals surface area contributed by atoms with Crippen LogP contribution >= 0.6 is 0 Å². The Bertz CT molecular complexity index is 1110. The van der Waals surface area contributed by atoms with Gasteiger partial charge in [0.1, 0.15) is 0 Å². The molecule has 0 N–H and O–H groups in total. The number of hydrogen-bond donors (Lipinski definition) is 0. The van der Waals surface area contributed by atoms with Crippen molar-refractivity contribution in [3.8, 4) is 0 Å². The number of hydrazone groups is 1. The lowest BCUT2D eigenvalue weighted by Crippen LogP contribution is -2.44. The molecule has 0 radical (unpaired) electrons. The molecule has 0 spiro atoms. The lowest BCUT2D eigenvalue weighted by molar-refractivity contribution is -0.135. The van der Waals surface area contributed by atoms with Crippen LogP contribution in [0.3, 0.4) is 0 Å². The predicted molar refractivity (Wildman–Crippen MR) is 126 cm³/mol. The Morgan fingerprint density at radius 3 is 2.55 bits per heavy atom. The van der Waals surface area contributed by atoms with Gasteiger partial charge in [0.15, 0.2) is 0 Å². The van der Waals surface area contributed by atoms with Crippen LogP contribution in [0.4, 0.5) is 0 Å². The van der Waals surface area contributed by atoms with E-state index in [2.05, 4.69) is 66.4 Å². The SMILES string of the molecule is C[C@H]1CCCCN1CC(=O)N1N=C(c2ccc3ccccc3c2)C[C@@H]1c1ccccc1. The second-order valence-electron chi connectivity index (χ2n) is 8.79. The van der Waals surface area contributed by atoms with Crippen LogP contribution in [0.15, 0.2) is 77.9 Å². The van der Waals surface area contributed by atoms with Crippen LogP contribution in [0.1, 0.15) is 49.8 Å². The van der Waals surface area contributed by atoms with Gasteiger partial charge >= 0.3 is 0 Å². The summed E-state index contributed by atoms with van der Waals surface area (Å²) in [6, 6.07) is 25.6. The van der Waals surface area contributed by atoms with Crippen LogP contribution in [0.2, 0.25) is 0 Å². The van der Waals surface area contributed by atoms with Crippen LogP contribution in [0.5, 0.6) is 0 Å². The molecule has 2 atom stereocenters. The van der Waals surface area contributed by atoms with Gasteiger partial charge in [-0.25, -0.2) is 5.01 Å². The number of carbonyl (C=O) groups is 1. The molecule has 0 saturated carbocycles. The van der Waals surface area contributed by atoms with E-state index >= 15 is 0 Å². The molecule has 4 nitrogen and oxygen atoms in total. The summed E-state index contributed by atoms with van der Waals surface area (Å²) in [5, 5.41) is 9.06. The van der Waals surface area contributed by atoms with E-state index in [0.29, 0.717) is 12.6 Å². The predicted octanol–water partition coefficient (Wildman–Crippen LogP) is 5.39. The lowest BCUT2D eigenvalue weighted by atomic mass is 9.97. The van der Waals surface area contributed by atoms with Crippen molar-refractivity contribution in [2.24, 2.45) is 5.10 Å². The summed E-state index contributed by atoms with van der Waals surface area (Å²) < 4.78 is 0. The van der Waals surface area contributed by atoms with Gasteiger partial charge in [-0.3, -0.25) is 9.69 Å². The minimum Gasteiger partial charge on any atom is -0.292 e. The second kappa shape index (κ2) is 8.64. The maximum atomic E-state index is 13.4. The fourth-order valence-electron chi connectivity index (χ4n) is 4.86. The van der Waals surface area contributed by atoms with Crippen LogP contribution in [-0.4, -0.2) is 40.7 Å². The van der Waals surface area contributed by atoms with Gasteiger partial charge in [0.05, 0.1) is 18.3 Å². The Labute approximate surface area is 184 Å². The topological polar surface area (TPSA) is 35.9 Å². The largest absolute Gasteiger partial charge is 0.292 e. The molecule has 0 aromatic heterocycles. The molecule has 158 valence electrons. The van der Waals surface area contributed by atoms with Crippen LogP contribution in [-0.2, 0) is 4.79 Å². The average Bonchev–Trinajstić information content (AvgIpc) is 3.27. The van der Waals surface area contributed by atoms with Gasteiger partial charge in [-0.05, 0) is 54.3 Å². The summed E-state index contributed by atoms with van der Waals surface area (Å²) in [5.74, 6) is 0.0957. The first-order valence-electron chi connectivity index (χ1n) is 11.4. The van der Waals surface area contributed by atoms with Crippen LogP contribution < -0.4 is 0 Å². The molecule has 5 rings (SSSR count). The minimum absolute atomic E-state index is 0.0460. The number of likely N-dealkylation sites (tertiary alicyclic amines) is 1. The summed E-state index contributed by atoms with van der Waals surface area (Å²) in [7, 11) is 0. The van der Waals surface area contributed by atoms with Gasteiger partial charge in [0, 0.05) is 12.5 Å². The molecule has 0 bridgehead atoms. The van der Waals surface area contributed by atoms with Crippen molar-refractivity contribution in [2.45, 2.75) is 44.7 Å². The molecular formula is C27H29N3O. The number of fused-ring (bicyclic) bond motifs is 1. The number of hydrogen-bond acceptors (Lipinski definition) is 3. The molecule has 2 aliphatic rings. The van der Waals surface area contributed by atoms with Gasteiger partial charge in [-0.15, -0.1) is 0 Å². The van der Waals surface area contributed by atoms with Gasteiger partial charge in [-0.2, -0.15) is 5.10 Å². The van der Waals surface area contributed by atoms with Crippen molar-refractivity contribution in [1.29, 1.82) is 0 Å². The zero-order valence-corrected chi connectivity index (χ0v) is 18.1. The smallest absolute Gasteiger partial charge is 0.257 e. The Hall–Kier alpha value is -2.98. The minimum atomic E-state index is -0.0460. The van der Waals surface area contributed by atoms with E-state index < -0.39 is 0 Å². The van der Waals surface area contributed by atoms with Gasteiger partial charge in [0.25, 0.3) is 5.91 Å². The van der Waals surface area contributed by atoms with Crippen molar-refractivity contribution in [3.05, 3.63) is 83.9 Å². The monoisotopic (exact) mass is 411 g/mol. The molecular weight excluding hydrogens is 382 g/mol. The highest BCUT2D eigenvalue weighted by Gasteiger charge is 2.34. The highest BCUT2D eigenvalue weighted by molar-refractivity contribution is 6.05. The number of nitrogens with zero attached hydrogens (tertiary/aromatic N) is 3. The standard InChI is InChI=1S/C27H29N3O/c1-20-9-7-8-16-29(20)19-27(31)30-26(22-11-3-2-4-12-22)18-25(28-30)24-15-14-21-10-5-6-13-23(21)17-24/h2-6,10-15,17,20,26H,7-9,16,18-19H2,1H3/t20-,26+/m0/s1. The normalized spacial score (nSPS) is 22.0. The fourth-order valence-corrected chi connectivity index (χ4v) is 4.86. The summed E-state index contributed by atoms with van der Waals surface area (Å²) >= 11 is 0. The molecule has 4 heteroatoms. The Morgan fingerprint density at radius 2 is 1.74 bits per heavy atom. The van der Waals surface area contributed by atoms with E-state index in [9.17, 15) is 4.79 Å². The van der Waals surface area contributed by atoms with Crippen molar-refractivity contribution in [1.82, 2.24) is 9.91 Å². The van der Waals surface area contributed by atoms with E-state index in [1.807, 2.05) is 18.2 Å². The van der Waals surface area contributed by atoms with E-state index in [1.54, 1.807) is 5.01 Å². The summed E-state index contributed by atoms with van der Waals surface area (Å²) in [6.45, 7) is 3.67. The average molecular weight is 412 g/mol. The molecule has 3 aromatic carbocycles. The van der Waals surface area contributed by atoms with Crippen LogP contribution in [0.25, 0.3) is 10.8 Å². The third-order valence-electron chi connectivity index (χ3n) is 6.71. The third-order valence-corrected chi connectivity index (χ3v) is 6.71. The zero-order chi connectivity index (χ0) is 21.2. The maximum absolute atomic E-state index is 13.4. The number of rotatable bonds is 4. The maximum Gasteiger partial charge on any atom is 0.257 e. The number of benzene rings is 3. The number of amides is 1. The molecule has 2 heterocycles. The van der Waals surface area contributed by atoms with Crippen molar-refractivity contribution in [3.63, 3.8) is 0 Å². The van der Waals surface area contributed by atoms with Gasteiger partial charge in [0.2, 0.25) is 0 Å². The number of piperidine rings is 1. The fraction of sp³-hybridized carbons (Fsp3) is 0.333. The van der Waals surface area contributed by atoms with E-state index in [-0.39, 0.29) is 11.9 Å². The van der Waals surface area contributed by atoms with Gasteiger partial charge < -0.3 is 0 Å². The molecule has 0 aliphatic carbocycles. The highest BCUT2D eigenvalue weighted by atomic mass is 16.2. The molecule has 1 amide bonds. The molecule has 0 unspecified atom stereocenters. The van der Waals surface area contributed by atoms with Crippen molar-refractivity contribution in [2.75, 3.05) is 13.1 Å². The quantitative estimate of drug-likeness (QED) is 0.577. The first kappa shape index (κ1) is 20.0. The first-order valence-corrected chi connectivity index (χ1v) is 11.4. The van der Waals surface area contributed by atoms with E-state index in [0.717, 1.165) is 29.8 Å². The zero-order valence-electron chi connectivity index (χ0n) is 18.1. The second-order valence-corrected chi connectivity index (χ2v) is 8.79. The lowest BCUT2D eigenvalue weighted by Gasteiger charge is -2.34.